The van der Waals surface area contributed by atoms with E-state index in [1.54, 1.807) is 23.2 Å². The van der Waals surface area contributed by atoms with Crippen LogP contribution in [0, 0.1) is 11.6 Å². The quantitative estimate of drug-likeness (QED) is 0.716. The van der Waals surface area contributed by atoms with Gasteiger partial charge in [-0.2, -0.15) is 0 Å². The number of carbonyl (C=O) groups is 1. The number of hydrogen-bond acceptors (Lipinski definition) is 4. The number of nitrogen functional groups attached to an aromatic ring is 1. The molecular formula is C22H20F2N4O. The maximum atomic E-state index is 13.8. The molecule has 0 radical (unpaired) electrons. The Labute approximate surface area is 167 Å². The number of benzene rings is 2. The van der Waals surface area contributed by atoms with Gasteiger partial charge in [-0.3, -0.25) is 4.79 Å². The summed E-state index contributed by atoms with van der Waals surface area (Å²) in [7, 11) is 0. The van der Waals surface area contributed by atoms with Crippen molar-refractivity contribution in [2.24, 2.45) is 0 Å². The molecule has 0 unspecified atom stereocenters. The van der Waals surface area contributed by atoms with Gasteiger partial charge in [-0.1, -0.05) is 12.1 Å². The first kappa shape index (κ1) is 19.0. The van der Waals surface area contributed by atoms with E-state index in [0.29, 0.717) is 35.3 Å². The number of rotatable bonds is 3. The number of nitrogens with two attached hydrogens (primary N) is 1. The van der Waals surface area contributed by atoms with Crippen molar-refractivity contribution in [2.75, 3.05) is 12.3 Å². The molecule has 29 heavy (non-hydrogen) atoms. The van der Waals surface area contributed by atoms with Gasteiger partial charge in [-0.25, -0.2) is 18.7 Å². The molecule has 1 fully saturated rings. The number of piperidine rings is 1. The van der Waals surface area contributed by atoms with Crippen molar-refractivity contribution in [3.05, 3.63) is 77.6 Å². The number of amides is 1. The molecule has 0 spiro atoms. The van der Waals surface area contributed by atoms with E-state index in [2.05, 4.69) is 9.97 Å². The van der Waals surface area contributed by atoms with Crippen molar-refractivity contribution in [3.63, 3.8) is 0 Å². The van der Waals surface area contributed by atoms with Crippen molar-refractivity contribution in [1.29, 1.82) is 0 Å². The summed E-state index contributed by atoms with van der Waals surface area (Å²) in [5.41, 5.74) is 8.12. The minimum atomic E-state index is -0.395. The van der Waals surface area contributed by atoms with Crippen LogP contribution in [0.2, 0.25) is 0 Å². The smallest absolute Gasteiger partial charge is 0.254 e. The van der Waals surface area contributed by atoms with Crippen molar-refractivity contribution in [1.82, 2.24) is 14.9 Å². The fourth-order valence-electron chi connectivity index (χ4n) is 3.76. The zero-order chi connectivity index (χ0) is 20.4. The summed E-state index contributed by atoms with van der Waals surface area (Å²) in [6.07, 6.45) is 4.05. The average molecular weight is 394 g/mol. The molecule has 4 rings (SSSR count). The van der Waals surface area contributed by atoms with Crippen LogP contribution >= 0.6 is 0 Å². The second kappa shape index (κ2) is 7.95. The molecule has 0 bridgehead atoms. The number of nitrogens with zero attached hydrogens (tertiary/aromatic N) is 3. The molecule has 5 nitrogen and oxygen atoms in total. The molecule has 1 aromatic heterocycles. The van der Waals surface area contributed by atoms with E-state index in [1.807, 2.05) is 0 Å². The third-order valence-corrected chi connectivity index (χ3v) is 5.14. The third-order valence-electron chi connectivity index (χ3n) is 5.14. The lowest BCUT2D eigenvalue weighted by atomic mass is 9.93. The van der Waals surface area contributed by atoms with Crippen LogP contribution in [0.1, 0.15) is 41.4 Å². The number of halogens is 2. The first-order chi connectivity index (χ1) is 14.0. The SMILES string of the molecule is Nc1ncc(-c2cccc(F)c2)c([C@@H]2CCCCN2C(=O)c2ccc(F)cc2)n1. The van der Waals surface area contributed by atoms with Gasteiger partial charge >= 0.3 is 0 Å². The van der Waals surface area contributed by atoms with Crippen LogP contribution in [-0.4, -0.2) is 27.3 Å². The van der Waals surface area contributed by atoms with Gasteiger partial charge in [-0.05, 0) is 61.2 Å². The van der Waals surface area contributed by atoms with Gasteiger partial charge in [0.1, 0.15) is 11.6 Å². The minimum Gasteiger partial charge on any atom is -0.368 e. The Morgan fingerprint density at radius 3 is 2.62 bits per heavy atom. The predicted octanol–water partition coefficient (Wildman–Crippen LogP) is 4.37. The van der Waals surface area contributed by atoms with Gasteiger partial charge in [0.2, 0.25) is 5.95 Å². The Hall–Kier alpha value is -3.35. The highest BCUT2D eigenvalue weighted by atomic mass is 19.1. The Balaban J connectivity index is 1.76. The number of hydrogen-bond donors (Lipinski definition) is 1. The van der Waals surface area contributed by atoms with E-state index in [1.165, 1.54) is 36.4 Å². The lowest BCUT2D eigenvalue weighted by Crippen LogP contribution is -2.39. The van der Waals surface area contributed by atoms with E-state index in [4.69, 9.17) is 5.73 Å². The minimum absolute atomic E-state index is 0.0971. The molecule has 7 heteroatoms. The van der Waals surface area contributed by atoms with Crippen LogP contribution in [0.25, 0.3) is 11.1 Å². The number of carbonyl (C=O) groups excluding carboxylic acids is 1. The molecule has 2 N–H and O–H groups in total. The highest BCUT2D eigenvalue weighted by molar-refractivity contribution is 5.94. The predicted molar refractivity (Wildman–Crippen MR) is 106 cm³/mol. The summed E-state index contributed by atoms with van der Waals surface area (Å²) in [4.78, 5) is 23.4. The molecule has 1 atom stereocenters. The molecule has 2 aromatic carbocycles. The zero-order valence-electron chi connectivity index (χ0n) is 15.7. The van der Waals surface area contributed by atoms with Crippen molar-refractivity contribution < 1.29 is 13.6 Å². The van der Waals surface area contributed by atoms with Crippen LogP contribution in [0.4, 0.5) is 14.7 Å². The summed E-state index contributed by atoms with van der Waals surface area (Å²) < 4.78 is 27.1. The molecule has 1 saturated heterocycles. The van der Waals surface area contributed by atoms with E-state index in [-0.39, 0.29) is 23.7 Å². The summed E-state index contributed by atoms with van der Waals surface area (Å²) >= 11 is 0. The second-order valence-corrected chi connectivity index (χ2v) is 7.05. The van der Waals surface area contributed by atoms with E-state index in [0.717, 1.165) is 12.8 Å². The van der Waals surface area contributed by atoms with Crippen LogP contribution < -0.4 is 5.73 Å². The number of likely N-dealkylation sites (tertiary alicyclic amines) is 1. The third kappa shape index (κ3) is 3.94. The normalized spacial score (nSPS) is 16.6. The Morgan fingerprint density at radius 1 is 1.07 bits per heavy atom. The Bertz CT molecular complexity index is 1040. The number of anilines is 1. The van der Waals surface area contributed by atoms with Crippen molar-refractivity contribution >= 4 is 11.9 Å². The molecule has 1 aliphatic heterocycles. The second-order valence-electron chi connectivity index (χ2n) is 7.05. The lowest BCUT2D eigenvalue weighted by Gasteiger charge is -2.36. The Kier molecular flexibility index (Phi) is 5.20. The molecular weight excluding hydrogens is 374 g/mol. The zero-order valence-corrected chi connectivity index (χ0v) is 15.7. The fraction of sp³-hybridized carbons (Fsp3) is 0.227. The van der Waals surface area contributed by atoms with E-state index in [9.17, 15) is 13.6 Å². The van der Waals surface area contributed by atoms with Crippen LogP contribution in [0.15, 0.2) is 54.7 Å². The highest BCUT2D eigenvalue weighted by Gasteiger charge is 2.32. The van der Waals surface area contributed by atoms with E-state index >= 15 is 0 Å². The monoisotopic (exact) mass is 394 g/mol. The van der Waals surface area contributed by atoms with Crippen LogP contribution in [0.5, 0.6) is 0 Å². The first-order valence-electron chi connectivity index (χ1n) is 9.48. The first-order valence-corrected chi connectivity index (χ1v) is 9.48. The maximum absolute atomic E-state index is 13.8. The average Bonchev–Trinajstić information content (AvgIpc) is 2.74. The summed E-state index contributed by atoms with van der Waals surface area (Å²) in [6, 6.07) is 11.3. The number of aromatic nitrogens is 2. The van der Waals surface area contributed by atoms with Gasteiger partial charge in [0.05, 0.1) is 11.7 Å². The molecule has 0 aliphatic carbocycles. The summed E-state index contributed by atoms with van der Waals surface area (Å²) in [5.74, 6) is -0.862. The van der Waals surface area contributed by atoms with Crippen LogP contribution in [-0.2, 0) is 0 Å². The van der Waals surface area contributed by atoms with Gasteiger partial charge in [0.15, 0.2) is 0 Å². The standard InChI is InChI=1S/C22H20F2N4O/c23-16-9-7-14(8-10-16)21(29)28-11-2-1-6-19(28)20-18(13-26-22(25)27-20)15-4-3-5-17(24)12-15/h3-5,7-10,12-13,19H,1-2,6,11H2,(H2,25,26,27)/t19-/m0/s1. The lowest BCUT2D eigenvalue weighted by molar-refractivity contribution is 0.0607. The molecule has 2 heterocycles. The van der Waals surface area contributed by atoms with Gasteiger partial charge in [0.25, 0.3) is 5.91 Å². The van der Waals surface area contributed by atoms with Gasteiger partial charge < -0.3 is 10.6 Å². The van der Waals surface area contributed by atoms with Gasteiger partial charge in [0, 0.05) is 23.9 Å². The topological polar surface area (TPSA) is 72.1 Å². The summed E-state index contributed by atoms with van der Waals surface area (Å²) in [6.45, 7) is 0.549. The molecule has 0 saturated carbocycles. The van der Waals surface area contributed by atoms with Crippen LogP contribution in [0.3, 0.4) is 0 Å². The summed E-state index contributed by atoms with van der Waals surface area (Å²) in [5, 5.41) is 0. The molecule has 3 aromatic rings. The largest absolute Gasteiger partial charge is 0.368 e. The fourth-order valence-corrected chi connectivity index (χ4v) is 3.76. The molecule has 148 valence electrons. The highest BCUT2D eigenvalue weighted by Crippen LogP contribution is 2.36. The van der Waals surface area contributed by atoms with E-state index < -0.39 is 5.82 Å². The van der Waals surface area contributed by atoms with Gasteiger partial charge in [-0.15, -0.1) is 0 Å². The van der Waals surface area contributed by atoms with Crippen molar-refractivity contribution in [3.8, 4) is 11.1 Å². The van der Waals surface area contributed by atoms with Crippen molar-refractivity contribution in [2.45, 2.75) is 25.3 Å². The molecule has 1 amide bonds. The molecule has 1 aliphatic rings. The maximum Gasteiger partial charge on any atom is 0.254 e. The Morgan fingerprint density at radius 2 is 1.86 bits per heavy atom.